The Morgan fingerprint density at radius 3 is 2.02 bits per heavy atom. The maximum atomic E-state index is 13.1. The Balaban J connectivity index is 1.62. The Morgan fingerprint density at radius 1 is 0.879 bits per heavy atom. The average molecular weight is 803 g/mol. The number of amides is 2. The molecule has 3 N–H and O–H groups in total. The number of hydrogen-bond donors (Lipinski definition) is 3. The van der Waals surface area contributed by atoms with E-state index in [4.69, 9.17) is 4.74 Å². The molecule has 0 bridgehead atoms. The van der Waals surface area contributed by atoms with Crippen LogP contribution >= 0.6 is 0 Å². The van der Waals surface area contributed by atoms with Gasteiger partial charge in [0.05, 0.1) is 24.0 Å². The fourth-order valence-electron chi connectivity index (χ4n) is 7.37. The second-order valence-electron chi connectivity index (χ2n) is 16.9. The third kappa shape index (κ3) is 20.3. The summed E-state index contributed by atoms with van der Waals surface area (Å²) in [5.74, 6) is 0.351. The van der Waals surface area contributed by atoms with Crippen molar-refractivity contribution in [2.75, 3.05) is 20.1 Å². The third-order valence-electron chi connectivity index (χ3n) is 11.4. The molecule has 0 heterocycles. The number of hydrogen-bond acceptors (Lipinski definition) is 6. The van der Waals surface area contributed by atoms with E-state index in [1.54, 1.807) is 11.9 Å². The van der Waals surface area contributed by atoms with Crippen molar-refractivity contribution in [1.82, 2.24) is 10.2 Å². The molecule has 2 amide bonds. The molecule has 0 fully saturated rings. The molecule has 2 unspecified atom stereocenters. The fourth-order valence-corrected chi connectivity index (χ4v) is 7.37. The number of esters is 1. The number of aliphatic hydroxyl groups is 2. The standard InChI is InChI=1S/C50H78N2O6/c1-8-10-11-12-13-14-15-16-17-18-19-20-21-22-23-24-25-26-27-28-47(56)52(7)34-33-51-46(55)38-43(54)37-42(53)31-32-44-40(4)29-30-41-35-39(3)36-45(48(41)44)58-49(57)50(5,6)9-2/h10-11,13-14,16-17,19-20,22-23,25-26,29-30,35,39-40,42-45,48,53-54H,8-9,12,15,18,21,24,27-28,31-34,36-38H2,1-7H3,(H,51,55)/t39-,40-,42-,43+,44-,45?,48?/m0/s1. The zero-order valence-corrected chi connectivity index (χ0v) is 37.0. The minimum absolute atomic E-state index is 0.0133. The van der Waals surface area contributed by atoms with Gasteiger partial charge in [-0.2, -0.15) is 0 Å². The van der Waals surface area contributed by atoms with E-state index in [0.29, 0.717) is 51.1 Å². The average Bonchev–Trinajstić information content (AvgIpc) is 3.18. The summed E-state index contributed by atoms with van der Waals surface area (Å²) in [6, 6.07) is 0. The zero-order valence-electron chi connectivity index (χ0n) is 37.0. The topological polar surface area (TPSA) is 116 Å². The Bertz CT molecular complexity index is 1470. The highest BCUT2D eigenvalue weighted by Crippen LogP contribution is 2.45. The summed E-state index contributed by atoms with van der Waals surface area (Å²) in [6.07, 6.45) is 40.1. The maximum absolute atomic E-state index is 13.1. The minimum Gasteiger partial charge on any atom is -0.461 e. The number of fused-ring (bicyclic) bond motifs is 1. The molecule has 2 aliphatic carbocycles. The molecule has 2 rings (SSSR count). The number of nitrogens with one attached hydrogen (secondary N) is 1. The molecule has 7 atom stereocenters. The molecule has 0 aromatic rings. The SMILES string of the molecule is CCC=CCC=CCC=CCC=CCC=CCC=CCCC(=O)N(C)CCNC(=O)C[C@H](O)C[C@@H](O)CC[C@@H]1C2C(=C[C@H](C)CC2OC(=O)C(C)(C)CC)C=C[C@@H]1C. The molecule has 8 nitrogen and oxygen atoms in total. The van der Waals surface area contributed by atoms with E-state index in [0.717, 1.165) is 44.9 Å². The summed E-state index contributed by atoms with van der Waals surface area (Å²) in [4.78, 5) is 39.8. The van der Waals surface area contributed by atoms with Crippen LogP contribution in [0.4, 0.5) is 0 Å². The number of carbonyl (C=O) groups is 3. The van der Waals surface area contributed by atoms with Gasteiger partial charge in [0.1, 0.15) is 6.10 Å². The van der Waals surface area contributed by atoms with Crippen LogP contribution in [0.2, 0.25) is 0 Å². The number of allylic oxidation sites excluding steroid dienone is 15. The predicted octanol–water partition coefficient (Wildman–Crippen LogP) is 10.1. The summed E-state index contributed by atoms with van der Waals surface area (Å²) < 4.78 is 6.21. The molecule has 0 aliphatic heterocycles. The lowest BCUT2D eigenvalue weighted by Crippen LogP contribution is -2.43. The van der Waals surface area contributed by atoms with Crippen LogP contribution in [0, 0.1) is 29.1 Å². The van der Waals surface area contributed by atoms with Crippen molar-refractivity contribution in [1.29, 1.82) is 0 Å². The van der Waals surface area contributed by atoms with Crippen molar-refractivity contribution in [3.63, 3.8) is 0 Å². The van der Waals surface area contributed by atoms with Crippen molar-refractivity contribution >= 4 is 17.8 Å². The zero-order chi connectivity index (χ0) is 42.8. The minimum atomic E-state index is -0.976. The van der Waals surface area contributed by atoms with Gasteiger partial charge in [0.15, 0.2) is 0 Å². The van der Waals surface area contributed by atoms with Crippen molar-refractivity contribution in [2.45, 2.75) is 150 Å². The Kier molecular flexibility index (Phi) is 24.9. The first kappa shape index (κ1) is 50.4. The number of aliphatic hydroxyl groups excluding tert-OH is 2. The predicted molar refractivity (Wildman–Crippen MR) is 240 cm³/mol. The van der Waals surface area contributed by atoms with Crippen LogP contribution in [0.3, 0.4) is 0 Å². The molecule has 0 radical (unpaired) electrons. The van der Waals surface area contributed by atoms with Crippen LogP contribution in [0.1, 0.15) is 131 Å². The number of nitrogens with zero attached hydrogens (tertiary/aromatic N) is 1. The van der Waals surface area contributed by atoms with Crippen LogP contribution in [-0.4, -0.2) is 71.3 Å². The van der Waals surface area contributed by atoms with Gasteiger partial charge in [0.25, 0.3) is 0 Å². The van der Waals surface area contributed by atoms with E-state index >= 15 is 0 Å². The van der Waals surface area contributed by atoms with Crippen molar-refractivity contribution in [3.05, 3.63) is 96.7 Å². The lowest BCUT2D eigenvalue weighted by Gasteiger charge is -2.44. The van der Waals surface area contributed by atoms with E-state index in [-0.39, 0.29) is 54.5 Å². The van der Waals surface area contributed by atoms with Gasteiger partial charge >= 0.3 is 5.97 Å². The summed E-state index contributed by atoms with van der Waals surface area (Å²) in [5, 5.41) is 24.3. The van der Waals surface area contributed by atoms with Crippen molar-refractivity contribution < 1.29 is 29.3 Å². The number of carbonyl (C=O) groups excluding carboxylic acids is 3. The van der Waals surface area contributed by atoms with Crippen LogP contribution in [0.25, 0.3) is 0 Å². The molecule has 0 aromatic heterocycles. The first-order chi connectivity index (χ1) is 27.8. The van der Waals surface area contributed by atoms with Gasteiger partial charge in [0.2, 0.25) is 11.8 Å². The van der Waals surface area contributed by atoms with Crippen LogP contribution in [0.15, 0.2) is 96.7 Å². The number of rotatable bonds is 27. The smallest absolute Gasteiger partial charge is 0.311 e. The lowest BCUT2D eigenvalue weighted by atomic mass is 9.65. The molecular formula is C50H78N2O6. The number of ether oxygens (including phenoxy) is 1. The largest absolute Gasteiger partial charge is 0.461 e. The van der Waals surface area contributed by atoms with E-state index in [9.17, 15) is 24.6 Å². The Hall–Kier alpha value is -3.75. The second kappa shape index (κ2) is 28.6. The van der Waals surface area contributed by atoms with Crippen LogP contribution in [0.5, 0.6) is 0 Å². The van der Waals surface area contributed by atoms with E-state index < -0.39 is 17.6 Å². The van der Waals surface area contributed by atoms with Gasteiger partial charge < -0.3 is 25.2 Å². The van der Waals surface area contributed by atoms with Gasteiger partial charge in [-0.25, -0.2) is 0 Å². The van der Waals surface area contributed by atoms with E-state index in [1.165, 1.54) is 5.57 Å². The molecule has 0 saturated heterocycles. The lowest BCUT2D eigenvalue weighted by molar-refractivity contribution is -0.164. The maximum Gasteiger partial charge on any atom is 0.311 e. The van der Waals surface area contributed by atoms with Gasteiger partial charge in [-0.1, -0.05) is 119 Å². The first-order valence-corrected chi connectivity index (χ1v) is 22.2. The van der Waals surface area contributed by atoms with E-state index in [2.05, 4.69) is 111 Å². The summed E-state index contributed by atoms with van der Waals surface area (Å²) in [7, 11) is 1.73. The highest BCUT2D eigenvalue weighted by Gasteiger charge is 2.43. The van der Waals surface area contributed by atoms with Crippen LogP contribution < -0.4 is 5.32 Å². The molecule has 0 spiro atoms. The molecule has 0 aromatic carbocycles. The second-order valence-corrected chi connectivity index (χ2v) is 16.9. The molecular weight excluding hydrogens is 725 g/mol. The first-order valence-electron chi connectivity index (χ1n) is 22.2. The van der Waals surface area contributed by atoms with E-state index in [1.807, 2.05) is 26.8 Å². The molecule has 324 valence electrons. The summed E-state index contributed by atoms with van der Waals surface area (Å²) in [6.45, 7) is 13.0. The fraction of sp³-hybridized carbons (Fsp3) is 0.620. The third-order valence-corrected chi connectivity index (χ3v) is 11.4. The highest BCUT2D eigenvalue weighted by molar-refractivity contribution is 5.77. The van der Waals surface area contributed by atoms with Gasteiger partial charge in [-0.05, 0) is 114 Å². The van der Waals surface area contributed by atoms with Crippen LogP contribution in [-0.2, 0) is 19.1 Å². The van der Waals surface area contributed by atoms with Gasteiger partial charge in [-0.3, -0.25) is 14.4 Å². The monoisotopic (exact) mass is 803 g/mol. The molecule has 8 heteroatoms. The van der Waals surface area contributed by atoms with Gasteiger partial charge in [0, 0.05) is 32.5 Å². The van der Waals surface area contributed by atoms with Gasteiger partial charge in [-0.15, -0.1) is 0 Å². The normalized spacial score (nSPS) is 22.4. The molecule has 58 heavy (non-hydrogen) atoms. The summed E-state index contributed by atoms with van der Waals surface area (Å²) >= 11 is 0. The summed E-state index contributed by atoms with van der Waals surface area (Å²) in [5.41, 5.74) is 0.663. The van der Waals surface area contributed by atoms with Crippen molar-refractivity contribution in [2.24, 2.45) is 29.1 Å². The Labute approximate surface area is 352 Å². The highest BCUT2D eigenvalue weighted by atomic mass is 16.5. The Morgan fingerprint density at radius 2 is 1.45 bits per heavy atom. The quantitative estimate of drug-likeness (QED) is 0.0563. The molecule has 0 saturated carbocycles. The molecule has 2 aliphatic rings. The van der Waals surface area contributed by atoms with Crippen molar-refractivity contribution in [3.8, 4) is 0 Å². The number of likely N-dealkylation sites (N-methyl/N-ethyl adjacent to an activating group) is 1.